The minimum absolute atomic E-state index is 0.0478. The van der Waals surface area contributed by atoms with E-state index in [1.807, 2.05) is 38.1 Å². The number of carbonyl (C=O) groups excluding carboxylic acids is 1. The summed E-state index contributed by atoms with van der Waals surface area (Å²) in [5.74, 6) is 0.259. The van der Waals surface area contributed by atoms with Gasteiger partial charge in [0, 0.05) is 32.6 Å². The zero-order valence-corrected chi connectivity index (χ0v) is 17.0. The van der Waals surface area contributed by atoms with Crippen LogP contribution in [-0.2, 0) is 14.8 Å². The standard InChI is InChI=1S/C20H29N3O3S/c1-15(2)19(21)11-13-23(3)20(24)10-12-22-27(25,26)18-9-8-16-6-4-5-7-17(16)14-18/h4-9,14-15,19,22H,10-13,21H2,1-3H3. The Morgan fingerprint density at radius 3 is 2.48 bits per heavy atom. The van der Waals surface area contributed by atoms with Crippen LogP contribution < -0.4 is 10.5 Å². The minimum atomic E-state index is -3.65. The van der Waals surface area contributed by atoms with Gasteiger partial charge in [0.1, 0.15) is 0 Å². The van der Waals surface area contributed by atoms with Crippen molar-refractivity contribution in [3.63, 3.8) is 0 Å². The first-order valence-electron chi connectivity index (χ1n) is 9.18. The number of nitrogens with zero attached hydrogens (tertiary/aromatic N) is 1. The van der Waals surface area contributed by atoms with E-state index in [1.54, 1.807) is 30.1 Å². The number of sulfonamides is 1. The first-order valence-corrected chi connectivity index (χ1v) is 10.7. The van der Waals surface area contributed by atoms with Crippen molar-refractivity contribution in [2.75, 3.05) is 20.1 Å². The number of nitrogens with one attached hydrogen (secondary N) is 1. The Morgan fingerprint density at radius 1 is 1.15 bits per heavy atom. The summed E-state index contributed by atoms with van der Waals surface area (Å²) in [6, 6.07) is 12.6. The van der Waals surface area contributed by atoms with Gasteiger partial charge in [0.05, 0.1) is 4.90 Å². The van der Waals surface area contributed by atoms with E-state index in [0.29, 0.717) is 12.5 Å². The molecule has 2 aromatic rings. The first kappa shape index (κ1) is 21.3. The molecule has 0 heterocycles. The van der Waals surface area contributed by atoms with Crippen LogP contribution >= 0.6 is 0 Å². The summed E-state index contributed by atoms with van der Waals surface area (Å²) in [5, 5.41) is 1.84. The molecule has 0 aromatic heterocycles. The van der Waals surface area contributed by atoms with Crippen LogP contribution in [0.1, 0.15) is 26.7 Å². The van der Waals surface area contributed by atoms with Crippen molar-refractivity contribution in [3.05, 3.63) is 42.5 Å². The van der Waals surface area contributed by atoms with Gasteiger partial charge in [-0.1, -0.05) is 44.2 Å². The predicted molar refractivity (Wildman–Crippen MR) is 109 cm³/mol. The maximum absolute atomic E-state index is 12.5. The highest BCUT2D eigenvalue weighted by molar-refractivity contribution is 7.89. The second kappa shape index (κ2) is 9.30. The SMILES string of the molecule is CC(C)C(N)CCN(C)C(=O)CCNS(=O)(=O)c1ccc2ccccc2c1. The van der Waals surface area contributed by atoms with Gasteiger partial charge in [-0.15, -0.1) is 0 Å². The molecule has 0 radical (unpaired) electrons. The molecule has 0 aliphatic carbocycles. The second-order valence-electron chi connectivity index (χ2n) is 7.17. The molecule has 0 spiro atoms. The molecule has 0 saturated heterocycles. The van der Waals surface area contributed by atoms with Gasteiger partial charge in [-0.2, -0.15) is 0 Å². The molecule has 2 aromatic carbocycles. The number of nitrogens with two attached hydrogens (primary N) is 1. The highest BCUT2D eigenvalue weighted by Gasteiger charge is 2.16. The summed E-state index contributed by atoms with van der Waals surface area (Å²) < 4.78 is 27.4. The van der Waals surface area contributed by atoms with E-state index in [0.717, 1.165) is 17.2 Å². The summed E-state index contributed by atoms with van der Waals surface area (Å²) in [6.45, 7) is 4.73. The average molecular weight is 392 g/mol. The van der Waals surface area contributed by atoms with Crippen molar-refractivity contribution in [1.82, 2.24) is 9.62 Å². The maximum atomic E-state index is 12.5. The Hall–Kier alpha value is -1.96. The summed E-state index contributed by atoms with van der Waals surface area (Å²) in [5.41, 5.74) is 6.00. The number of hydrogen-bond acceptors (Lipinski definition) is 4. The minimum Gasteiger partial charge on any atom is -0.346 e. The van der Waals surface area contributed by atoms with E-state index in [1.165, 1.54) is 0 Å². The number of fused-ring (bicyclic) bond motifs is 1. The fourth-order valence-corrected chi connectivity index (χ4v) is 3.77. The molecule has 6 nitrogen and oxygen atoms in total. The highest BCUT2D eigenvalue weighted by Crippen LogP contribution is 2.18. The van der Waals surface area contributed by atoms with Gasteiger partial charge in [0.2, 0.25) is 15.9 Å². The lowest BCUT2D eigenvalue weighted by atomic mass is 10.0. The molecule has 0 aliphatic rings. The number of rotatable bonds is 9. The van der Waals surface area contributed by atoms with Crippen molar-refractivity contribution in [2.24, 2.45) is 11.7 Å². The van der Waals surface area contributed by atoms with E-state index < -0.39 is 10.0 Å². The Bertz CT molecular complexity index is 881. The lowest BCUT2D eigenvalue weighted by Crippen LogP contribution is -2.36. The second-order valence-corrected chi connectivity index (χ2v) is 8.94. The smallest absolute Gasteiger partial charge is 0.240 e. The molecule has 1 atom stereocenters. The van der Waals surface area contributed by atoms with Gasteiger partial charge < -0.3 is 10.6 Å². The molecule has 1 unspecified atom stereocenters. The van der Waals surface area contributed by atoms with Gasteiger partial charge >= 0.3 is 0 Å². The number of hydrogen-bond donors (Lipinski definition) is 2. The van der Waals surface area contributed by atoms with Crippen LogP contribution in [0.15, 0.2) is 47.4 Å². The van der Waals surface area contributed by atoms with Crippen molar-refractivity contribution in [1.29, 1.82) is 0 Å². The highest BCUT2D eigenvalue weighted by atomic mass is 32.2. The normalized spacial score (nSPS) is 13.1. The van der Waals surface area contributed by atoms with Gasteiger partial charge in [-0.3, -0.25) is 4.79 Å². The molecule has 0 bridgehead atoms. The molecule has 2 rings (SSSR count). The first-order chi connectivity index (χ1) is 12.7. The van der Waals surface area contributed by atoms with E-state index in [-0.39, 0.29) is 29.8 Å². The zero-order valence-electron chi connectivity index (χ0n) is 16.2. The van der Waals surface area contributed by atoms with Crippen LogP contribution in [0.25, 0.3) is 10.8 Å². The number of benzene rings is 2. The molecule has 148 valence electrons. The Labute approximate surface area is 161 Å². The summed E-state index contributed by atoms with van der Waals surface area (Å²) in [4.78, 5) is 14.0. The summed E-state index contributed by atoms with van der Waals surface area (Å²) in [6.07, 6.45) is 0.836. The third-order valence-corrected chi connectivity index (χ3v) is 6.20. The Morgan fingerprint density at radius 2 is 1.81 bits per heavy atom. The number of amides is 1. The van der Waals surface area contributed by atoms with Gasteiger partial charge in [0.25, 0.3) is 0 Å². The van der Waals surface area contributed by atoms with Crippen LogP contribution in [-0.4, -0.2) is 45.4 Å². The third-order valence-electron chi connectivity index (χ3n) is 4.74. The van der Waals surface area contributed by atoms with Crippen molar-refractivity contribution >= 4 is 26.7 Å². The van der Waals surface area contributed by atoms with Crippen LogP contribution in [0.2, 0.25) is 0 Å². The maximum Gasteiger partial charge on any atom is 0.240 e. The van der Waals surface area contributed by atoms with Crippen LogP contribution in [0.4, 0.5) is 0 Å². The zero-order chi connectivity index (χ0) is 20.0. The predicted octanol–water partition coefficient (Wildman–Crippen LogP) is 2.34. The average Bonchev–Trinajstić information content (AvgIpc) is 2.64. The molecule has 0 saturated carbocycles. The monoisotopic (exact) mass is 391 g/mol. The Kier molecular flexibility index (Phi) is 7.35. The largest absolute Gasteiger partial charge is 0.346 e. The summed E-state index contributed by atoms with van der Waals surface area (Å²) >= 11 is 0. The van der Waals surface area contributed by atoms with E-state index in [2.05, 4.69) is 4.72 Å². The summed E-state index contributed by atoms with van der Waals surface area (Å²) in [7, 11) is -1.94. The van der Waals surface area contributed by atoms with Crippen LogP contribution in [0.5, 0.6) is 0 Å². The van der Waals surface area contributed by atoms with E-state index in [4.69, 9.17) is 5.73 Å². The topological polar surface area (TPSA) is 92.5 Å². The molecule has 0 fully saturated rings. The van der Waals surface area contributed by atoms with Crippen LogP contribution in [0, 0.1) is 5.92 Å². The molecular formula is C20H29N3O3S. The number of carbonyl (C=O) groups is 1. The third kappa shape index (κ3) is 6.02. The van der Waals surface area contributed by atoms with E-state index >= 15 is 0 Å². The quantitative estimate of drug-likeness (QED) is 0.686. The molecule has 3 N–H and O–H groups in total. The molecule has 1 amide bonds. The Balaban J connectivity index is 1.88. The fourth-order valence-electron chi connectivity index (χ4n) is 2.70. The lowest BCUT2D eigenvalue weighted by Gasteiger charge is -2.21. The van der Waals surface area contributed by atoms with Crippen molar-refractivity contribution < 1.29 is 13.2 Å². The lowest BCUT2D eigenvalue weighted by molar-refractivity contribution is -0.129. The van der Waals surface area contributed by atoms with Crippen LogP contribution in [0.3, 0.4) is 0 Å². The van der Waals surface area contributed by atoms with Crippen molar-refractivity contribution in [3.8, 4) is 0 Å². The molecule has 27 heavy (non-hydrogen) atoms. The molecule has 0 aliphatic heterocycles. The molecule has 7 heteroatoms. The van der Waals surface area contributed by atoms with Crippen molar-refractivity contribution in [2.45, 2.75) is 37.6 Å². The molecular weight excluding hydrogens is 362 g/mol. The van der Waals surface area contributed by atoms with E-state index in [9.17, 15) is 13.2 Å². The fraction of sp³-hybridized carbons (Fsp3) is 0.450. The van der Waals surface area contributed by atoms with Gasteiger partial charge in [-0.05, 0) is 35.2 Å². The van der Waals surface area contributed by atoms with Gasteiger partial charge in [-0.25, -0.2) is 13.1 Å². The van der Waals surface area contributed by atoms with Gasteiger partial charge in [0.15, 0.2) is 0 Å².